The highest BCUT2D eigenvalue weighted by atomic mass is 16.6. The van der Waals surface area contributed by atoms with Gasteiger partial charge >= 0.3 is 0 Å². The molecular weight excluding hydrogens is 372 g/mol. The average Bonchev–Trinajstić information content (AvgIpc) is 2.72. The molecule has 0 spiro atoms. The largest absolute Gasteiger partial charge is 0.468 e. The summed E-state index contributed by atoms with van der Waals surface area (Å²) in [5.74, 6) is -0.234. The van der Waals surface area contributed by atoms with Gasteiger partial charge in [0.2, 0.25) is 11.8 Å². The molecule has 2 rings (SSSR count). The Bertz CT molecular complexity index is 910. The van der Waals surface area contributed by atoms with Gasteiger partial charge in [-0.05, 0) is 13.0 Å². The average molecular weight is 396 g/mol. The smallest absolute Gasteiger partial charge is 0.222 e. The third-order valence-electron chi connectivity index (χ3n) is 3.84. The lowest BCUT2D eigenvalue weighted by Gasteiger charge is -2.19. The van der Waals surface area contributed by atoms with Crippen molar-refractivity contribution >= 4 is 23.4 Å². The van der Waals surface area contributed by atoms with Crippen LogP contribution in [0.5, 0.6) is 0 Å². The van der Waals surface area contributed by atoms with Crippen LogP contribution in [0.1, 0.15) is 30.5 Å². The van der Waals surface area contributed by atoms with Crippen LogP contribution in [0, 0.1) is 5.41 Å². The quantitative estimate of drug-likeness (QED) is 0.426. The molecule has 29 heavy (non-hydrogen) atoms. The van der Waals surface area contributed by atoms with Crippen LogP contribution in [0.25, 0.3) is 0 Å². The molecular formula is C21H24N4O4. The number of amides is 1. The zero-order chi connectivity index (χ0) is 21.2. The minimum atomic E-state index is -0.568. The van der Waals surface area contributed by atoms with Crippen molar-refractivity contribution in [2.75, 3.05) is 14.2 Å². The SMILES string of the molecule is CO/N=C(\NC(C)=O)c1ccccc1C(=N)OC(C)/C(=N/OC)c1ccccc1. The van der Waals surface area contributed by atoms with E-state index in [4.69, 9.17) is 19.8 Å². The minimum absolute atomic E-state index is 0.109. The van der Waals surface area contributed by atoms with Crippen molar-refractivity contribution in [2.45, 2.75) is 20.0 Å². The number of nitrogens with zero attached hydrogens (tertiary/aromatic N) is 2. The fourth-order valence-corrected chi connectivity index (χ4v) is 2.65. The van der Waals surface area contributed by atoms with Gasteiger partial charge in [0.05, 0.1) is 0 Å². The number of hydrogen-bond acceptors (Lipinski definition) is 7. The molecule has 0 aliphatic carbocycles. The van der Waals surface area contributed by atoms with Crippen molar-refractivity contribution < 1.29 is 19.2 Å². The first-order chi connectivity index (χ1) is 14.0. The van der Waals surface area contributed by atoms with Crippen LogP contribution < -0.4 is 5.32 Å². The van der Waals surface area contributed by atoms with Gasteiger partial charge < -0.3 is 19.7 Å². The summed E-state index contributed by atoms with van der Waals surface area (Å²) in [6.07, 6.45) is -0.568. The van der Waals surface area contributed by atoms with Crippen LogP contribution in [0.4, 0.5) is 0 Å². The van der Waals surface area contributed by atoms with Crippen molar-refractivity contribution in [3.63, 3.8) is 0 Å². The third kappa shape index (κ3) is 5.90. The van der Waals surface area contributed by atoms with Crippen molar-refractivity contribution in [1.82, 2.24) is 5.32 Å². The summed E-state index contributed by atoms with van der Waals surface area (Å²) in [4.78, 5) is 21.3. The predicted molar refractivity (Wildman–Crippen MR) is 111 cm³/mol. The van der Waals surface area contributed by atoms with Crippen molar-refractivity contribution in [3.8, 4) is 0 Å². The zero-order valence-electron chi connectivity index (χ0n) is 16.8. The van der Waals surface area contributed by atoms with Gasteiger partial charge in [-0.15, -0.1) is 0 Å². The molecule has 0 aliphatic rings. The second kappa shape index (κ2) is 10.6. The minimum Gasteiger partial charge on any atom is -0.468 e. The van der Waals surface area contributed by atoms with Gasteiger partial charge in [-0.1, -0.05) is 58.8 Å². The Labute approximate surface area is 169 Å². The molecule has 2 aromatic rings. The molecule has 0 fully saturated rings. The van der Waals surface area contributed by atoms with Crippen molar-refractivity contribution in [3.05, 3.63) is 71.3 Å². The van der Waals surface area contributed by atoms with E-state index >= 15 is 0 Å². The summed E-state index contributed by atoms with van der Waals surface area (Å²) in [6.45, 7) is 3.14. The summed E-state index contributed by atoms with van der Waals surface area (Å²) in [5, 5.41) is 19.0. The molecule has 0 aromatic heterocycles. The topological polar surface area (TPSA) is 105 Å². The number of benzene rings is 2. The summed E-state index contributed by atoms with van der Waals surface area (Å²) in [5.41, 5.74) is 2.30. The van der Waals surface area contributed by atoms with Crippen LogP contribution >= 0.6 is 0 Å². The summed E-state index contributed by atoms with van der Waals surface area (Å²) in [6, 6.07) is 16.4. The number of ether oxygens (including phenoxy) is 1. The van der Waals surface area contributed by atoms with Gasteiger partial charge in [0.1, 0.15) is 26.0 Å². The van der Waals surface area contributed by atoms with E-state index in [0.717, 1.165) is 5.56 Å². The number of amidine groups is 1. The molecule has 1 atom stereocenters. The number of rotatable bonds is 7. The lowest BCUT2D eigenvalue weighted by atomic mass is 10.0. The summed E-state index contributed by atoms with van der Waals surface area (Å²) >= 11 is 0. The van der Waals surface area contributed by atoms with E-state index in [0.29, 0.717) is 16.8 Å². The molecule has 8 heteroatoms. The molecule has 2 aromatic carbocycles. The Balaban J connectivity index is 2.32. The van der Waals surface area contributed by atoms with Crippen molar-refractivity contribution in [1.29, 1.82) is 5.41 Å². The number of nitrogens with one attached hydrogen (secondary N) is 2. The molecule has 152 valence electrons. The van der Waals surface area contributed by atoms with Gasteiger partial charge in [-0.3, -0.25) is 10.2 Å². The second-order valence-corrected chi connectivity index (χ2v) is 5.96. The number of carbonyl (C=O) groups is 1. The number of hydrogen-bond donors (Lipinski definition) is 2. The van der Waals surface area contributed by atoms with Crippen LogP contribution in [0.3, 0.4) is 0 Å². The first-order valence-corrected chi connectivity index (χ1v) is 8.88. The van der Waals surface area contributed by atoms with E-state index in [1.165, 1.54) is 21.1 Å². The highest BCUT2D eigenvalue weighted by molar-refractivity contribution is 6.13. The molecule has 0 radical (unpaired) electrons. The third-order valence-corrected chi connectivity index (χ3v) is 3.84. The van der Waals surface area contributed by atoms with E-state index in [-0.39, 0.29) is 17.6 Å². The monoisotopic (exact) mass is 396 g/mol. The van der Waals surface area contributed by atoms with E-state index in [9.17, 15) is 4.79 Å². The molecule has 0 saturated heterocycles. The molecule has 1 unspecified atom stereocenters. The molecule has 0 bridgehead atoms. The second-order valence-electron chi connectivity index (χ2n) is 5.96. The van der Waals surface area contributed by atoms with Crippen LogP contribution in [-0.2, 0) is 19.2 Å². The highest BCUT2D eigenvalue weighted by Gasteiger charge is 2.21. The Morgan fingerprint density at radius 2 is 1.55 bits per heavy atom. The maximum Gasteiger partial charge on any atom is 0.222 e. The van der Waals surface area contributed by atoms with Crippen LogP contribution in [0.15, 0.2) is 64.9 Å². The standard InChI is InChI=1S/C21H24N4O4/c1-14(19(24-27-3)16-10-6-5-7-11-16)29-20(22)17-12-8-9-13-18(17)21(25-28-4)23-15(2)26/h5-14,22H,1-4H3,(H,23,25,26)/b22-20?,24-19-. The molecule has 0 heterocycles. The fourth-order valence-electron chi connectivity index (χ4n) is 2.65. The van der Waals surface area contributed by atoms with Gasteiger partial charge in [0, 0.05) is 23.6 Å². The molecule has 8 nitrogen and oxygen atoms in total. The van der Waals surface area contributed by atoms with E-state index in [2.05, 4.69) is 15.6 Å². The number of carbonyl (C=O) groups excluding carboxylic acids is 1. The fraction of sp³-hybridized carbons (Fsp3) is 0.238. The first kappa shape index (κ1) is 21.6. The zero-order valence-corrected chi connectivity index (χ0v) is 16.8. The normalized spacial score (nSPS) is 12.7. The Morgan fingerprint density at radius 1 is 0.966 bits per heavy atom. The molecule has 0 aliphatic heterocycles. The van der Waals surface area contributed by atoms with E-state index in [1.54, 1.807) is 31.2 Å². The molecule has 2 N–H and O–H groups in total. The van der Waals surface area contributed by atoms with Crippen LogP contribution in [0.2, 0.25) is 0 Å². The maximum atomic E-state index is 11.5. The highest BCUT2D eigenvalue weighted by Crippen LogP contribution is 2.15. The van der Waals surface area contributed by atoms with Gasteiger partial charge in [0.25, 0.3) is 0 Å². The van der Waals surface area contributed by atoms with Crippen LogP contribution in [-0.4, -0.2) is 43.7 Å². The van der Waals surface area contributed by atoms with Gasteiger partial charge in [-0.25, -0.2) is 0 Å². The predicted octanol–water partition coefficient (Wildman–Crippen LogP) is 2.91. The Morgan fingerprint density at radius 3 is 2.14 bits per heavy atom. The van der Waals surface area contributed by atoms with Gasteiger partial charge in [-0.2, -0.15) is 0 Å². The Kier molecular flexibility index (Phi) is 7.90. The van der Waals surface area contributed by atoms with E-state index < -0.39 is 6.10 Å². The lowest BCUT2D eigenvalue weighted by Crippen LogP contribution is -2.32. The first-order valence-electron chi connectivity index (χ1n) is 8.88. The Hall–Kier alpha value is -3.68. The van der Waals surface area contributed by atoms with E-state index in [1.807, 2.05) is 30.3 Å². The molecule has 0 saturated carbocycles. The molecule has 1 amide bonds. The van der Waals surface area contributed by atoms with Crippen molar-refractivity contribution in [2.24, 2.45) is 10.3 Å². The van der Waals surface area contributed by atoms with Gasteiger partial charge in [0.15, 0.2) is 5.84 Å². The number of oxime groups is 2. The summed E-state index contributed by atoms with van der Waals surface area (Å²) in [7, 11) is 2.83. The summed E-state index contributed by atoms with van der Waals surface area (Å²) < 4.78 is 5.84. The maximum absolute atomic E-state index is 11.5. The lowest BCUT2D eigenvalue weighted by molar-refractivity contribution is -0.117.